The van der Waals surface area contributed by atoms with Gasteiger partial charge in [-0.3, -0.25) is 10.1 Å². The molecule has 150 valence electrons. The molecule has 2 heterocycles. The molecule has 1 aliphatic rings. The van der Waals surface area contributed by atoms with Gasteiger partial charge in [0.15, 0.2) is 4.34 Å². The lowest BCUT2D eigenvalue weighted by atomic mass is 10.1. The number of carbonyl (C=O) groups excluding carboxylic acids is 2. The van der Waals surface area contributed by atoms with Crippen LogP contribution in [-0.4, -0.2) is 47.1 Å². The molecule has 2 aromatic rings. The molecule has 0 aliphatic carbocycles. The molecule has 0 saturated carbocycles. The highest BCUT2D eigenvalue weighted by molar-refractivity contribution is 8.01. The third kappa shape index (κ3) is 6.18. The molecular formula is C18H23N5O3S2. The van der Waals surface area contributed by atoms with Crippen LogP contribution < -0.4 is 16.0 Å². The van der Waals surface area contributed by atoms with Crippen LogP contribution in [0, 0.1) is 13.8 Å². The van der Waals surface area contributed by atoms with E-state index < -0.39 is 11.9 Å². The number of aromatic nitrogens is 2. The summed E-state index contributed by atoms with van der Waals surface area (Å²) in [6.07, 6.45) is 2.37. The van der Waals surface area contributed by atoms with Crippen LogP contribution in [-0.2, 0) is 9.53 Å². The summed E-state index contributed by atoms with van der Waals surface area (Å²) >= 11 is 2.62. The van der Waals surface area contributed by atoms with Crippen molar-refractivity contribution in [3.05, 3.63) is 29.3 Å². The topological polar surface area (TPSA) is 105 Å². The fourth-order valence-electron chi connectivity index (χ4n) is 2.62. The van der Waals surface area contributed by atoms with E-state index in [1.54, 1.807) is 6.07 Å². The predicted molar refractivity (Wildman–Crippen MR) is 111 cm³/mol. The number of nitrogens with one attached hydrogen (secondary N) is 3. The Morgan fingerprint density at radius 2 is 2.14 bits per heavy atom. The fraction of sp³-hybridized carbons (Fsp3) is 0.444. The smallest absolute Gasteiger partial charge is 0.325 e. The van der Waals surface area contributed by atoms with E-state index in [4.69, 9.17) is 4.74 Å². The minimum absolute atomic E-state index is 0.0840. The third-order valence-electron chi connectivity index (χ3n) is 4.26. The largest absolute Gasteiger partial charge is 0.376 e. The lowest BCUT2D eigenvalue weighted by Crippen LogP contribution is -2.35. The van der Waals surface area contributed by atoms with Gasteiger partial charge in [-0.1, -0.05) is 29.2 Å². The van der Waals surface area contributed by atoms with Gasteiger partial charge in [0, 0.05) is 18.8 Å². The second-order valence-electron chi connectivity index (χ2n) is 6.48. The Morgan fingerprint density at radius 3 is 2.89 bits per heavy atom. The Bertz CT molecular complexity index is 836. The van der Waals surface area contributed by atoms with E-state index in [1.165, 1.54) is 23.1 Å². The van der Waals surface area contributed by atoms with Crippen LogP contribution in [0.25, 0.3) is 0 Å². The SMILES string of the molecule is Cc1ccc(NC(=O)NC(=O)CSc2nnc(NC[C@H]3CCCO3)s2)cc1C. The first-order valence-electron chi connectivity index (χ1n) is 8.99. The van der Waals surface area contributed by atoms with Gasteiger partial charge in [-0.15, -0.1) is 10.2 Å². The van der Waals surface area contributed by atoms with Gasteiger partial charge in [0.25, 0.3) is 0 Å². The number of thioether (sulfide) groups is 1. The Hall–Kier alpha value is -2.17. The van der Waals surface area contributed by atoms with Gasteiger partial charge in [-0.25, -0.2) is 4.79 Å². The Balaban J connectivity index is 1.38. The van der Waals surface area contributed by atoms with Gasteiger partial charge in [-0.2, -0.15) is 0 Å². The zero-order valence-corrected chi connectivity index (χ0v) is 17.4. The van der Waals surface area contributed by atoms with Gasteiger partial charge in [0.2, 0.25) is 11.0 Å². The van der Waals surface area contributed by atoms with E-state index in [-0.39, 0.29) is 11.9 Å². The molecule has 1 aromatic heterocycles. The molecule has 3 rings (SSSR count). The molecule has 0 radical (unpaired) electrons. The van der Waals surface area contributed by atoms with Crippen molar-refractivity contribution in [2.45, 2.75) is 37.1 Å². The molecule has 0 unspecified atom stereocenters. The monoisotopic (exact) mass is 421 g/mol. The number of imide groups is 1. The number of hydrogen-bond acceptors (Lipinski definition) is 8. The molecule has 3 N–H and O–H groups in total. The molecular weight excluding hydrogens is 398 g/mol. The van der Waals surface area contributed by atoms with Crippen molar-refractivity contribution in [3.63, 3.8) is 0 Å². The molecule has 0 bridgehead atoms. The maximum Gasteiger partial charge on any atom is 0.325 e. The molecule has 1 saturated heterocycles. The first-order chi connectivity index (χ1) is 13.5. The Kier molecular flexibility index (Phi) is 7.24. The molecule has 1 aliphatic heterocycles. The van der Waals surface area contributed by atoms with Crippen molar-refractivity contribution in [2.24, 2.45) is 0 Å². The van der Waals surface area contributed by atoms with Crippen LogP contribution in [0.3, 0.4) is 0 Å². The lowest BCUT2D eigenvalue weighted by molar-refractivity contribution is -0.117. The number of aryl methyl sites for hydroxylation is 2. The zero-order chi connectivity index (χ0) is 19.9. The fourth-order valence-corrected chi connectivity index (χ4v) is 4.18. The highest BCUT2D eigenvalue weighted by atomic mass is 32.2. The third-order valence-corrected chi connectivity index (χ3v) is 6.27. The summed E-state index contributed by atoms with van der Waals surface area (Å²) < 4.78 is 6.22. The minimum Gasteiger partial charge on any atom is -0.376 e. The number of anilines is 2. The van der Waals surface area contributed by atoms with Crippen LogP contribution in [0.2, 0.25) is 0 Å². The maximum absolute atomic E-state index is 12.0. The second kappa shape index (κ2) is 9.85. The number of amides is 3. The van der Waals surface area contributed by atoms with Gasteiger partial charge in [0.05, 0.1) is 11.9 Å². The van der Waals surface area contributed by atoms with E-state index in [2.05, 4.69) is 26.1 Å². The number of hydrogen-bond donors (Lipinski definition) is 3. The summed E-state index contributed by atoms with van der Waals surface area (Å²) in [5, 5.41) is 17.0. The van der Waals surface area contributed by atoms with Gasteiger partial charge < -0.3 is 15.4 Å². The molecule has 1 aromatic carbocycles. The average molecular weight is 422 g/mol. The van der Waals surface area contributed by atoms with Crippen LogP contribution in [0.15, 0.2) is 22.5 Å². The second-order valence-corrected chi connectivity index (χ2v) is 8.68. The average Bonchev–Trinajstić information content (AvgIpc) is 3.33. The van der Waals surface area contributed by atoms with Crippen LogP contribution in [0.4, 0.5) is 15.6 Å². The predicted octanol–water partition coefficient (Wildman–Crippen LogP) is 3.19. The lowest BCUT2D eigenvalue weighted by Gasteiger charge is -2.08. The maximum atomic E-state index is 12.0. The van der Waals surface area contributed by atoms with E-state index in [0.717, 1.165) is 30.6 Å². The molecule has 28 heavy (non-hydrogen) atoms. The minimum atomic E-state index is -0.551. The number of carbonyl (C=O) groups is 2. The number of nitrogens with zero attached hydrogens (tertiary/aromatic N) is 2. The summed E-state index contributed by atoms with van der Waals surface area (Å²) in [5.41, 5.74) is 2.85. The van der Waals surface area contributed by atoms with E-state index in [0.29, 0.717) is 21.7 Å². The van der Waals surface area contributed by atoms with Crippen molar-refractivity contribution in [1.82, 2.24) is 15.5 Å². The number of rotatable bonds is 7. The Labute approximate surface area is 171 Å². The van der Waals surface area contributed by atoms with Crippen LogP contribution >= 0.6 is 23.1 Å². The highest BCUT2D eigenvalue weighted by Gasteiger charge is 2.16. The summed E-state index contributed by atoms with van der Waals surface area (Å²) in [4.78, 5) is 23.9. The first kappa shape index (κ1) is 20.6. The molecule has 8 nitrogen and oxygen atoms in total. The van der Waals surface area contributed by atoms with Gasteiger partial charge >= 0.3 is 6.03 Å². The van der Waals surface area contributed by atoms with Gasteiger partial charge in [-0.05, 0) is 49.9 Å². The highest BCUT2D eigenvalue weighted by Crippen LogP contribution is 2.25. The van der Waals surface area contributed by atoms with E-state index in [9.17, 15) is 9.59 Å². The summed E-state index contributed by atoms with van der Waals surface area (Å²) in [6, 6.07) is 5.03. The Morgan fingerprint density at radius 1 is 1.29 bits per heavy atom. The molecule has 3 amide bonds. The van der Waals surface area contributed by atoms with Crippen molar-refractivity contribution in [1.29, 1.82) is 0 Å². The van der Waals surface area contributed by atoms with Crippen LogP contribution in [0.5, 0.6) is 0 Å². The van der Waals surface area contributed by atoms with E-state index >= 15 is 0 Å². The summed E-state index contributed by atoms with van der Waals surface area (Å²) in [5.74, 6) is -0.309. The molecule has 1 atom stereocenters. The van der Waals surface area contributed by atoms with Crippen molar-refractivity contribution < 1.29 is 14.3 Å². The quantitative estimate of drug-likeness (QED) is 0.590. The molecule has 0 spiro atoms. The normalized spacial score (nSPS) is 16.0. The van der Waals surface area contributed by atoms with Crippen molar-refractivity contribution in [3.8, 4) is 0 Å². The number of urea groups is 1. The number of ether oxygens (including phenoxy) is 1. The molecule has 1 fully saturated rings. The zero-order valence-electron chi connectivity index (χ0n) is 15.8. The van der Waals surface area contributed by atoms with Gasteiger partial charge in [0.1, 0.15) is 0 Å². The standard InChI is InChI=1S/C18H23N5O3S2/c1-11-5-6-13(8-12(11)2)20-16(25)21-15(24)10-27-18-23-22-17(28-18)19-9-14-4-3-7-26-14/h5-6,8,14H,3-4,7,9-10H2,1-2H3,(H,19,22)(H2,20,21,24,25)/t14-/m1/s1. The van der Waals surface area contributed by atoms with Crippen LogP contribution in [0.1, 0.15) is 24.0 Å². The first-order valence-corrected chi connectivity index (χ1v) is 10.8. The summed E-state index contributed by atoms with van der Waals surface area (Å²) in [7, 11) is 0. The van der Waals surface area contributed by atoms with Crippen molar-refractivity contribution >= 4 is 45.9 Å². The summed E-state index contributed by atoms with van der Waals surface area (Å²) in [6.45, 7) is 5.48. The number of benzene rings is 1. The van der Waals surface area contributed by atoms with Crippen molar-refractivity contribution in [2.75, 3.05) is 29.5 Å². The van der Waals surface area contributed by atoms with E-state index in [1.807, 2.05) is 26.0 Å². The molecule has 10 heteroatoms.